The number of rotatable bonds is 5. The Morgan fingerprint density at radius 2 is 1.52 bits per heavy atom. The molecule has 0 aliphatic heterocycles. The molecule has 2 aromatic rings. The predicted octanol–water partition coefficient (Wildman–Crippen LogP) is 3.34. The molecule has 4 heteroatoms. The van der Waals surface area contributed by atoms with Crippen LogP contribution in [0.2, 0.25) is 0 Å². The molecular formula is C19H21NO3. The van der Waals surface area contributed by atoms with Gasteiger partial charge in [0.2, 0.25) is 0 Å². The molecule has 0 aromatic heterocycles. The molecule has 0 spiro atoms. The summed E-state index contributed by atoms with van der Waals surface area (Å²) in [6, 6.07) is 13.4. The summed E-state index contributed by atoms with van der Waals surface area (Å²) < 4.78 is 5.06. The second-order valence-corrected chi connectivity index (χ2v) is 5.58. The van der Waals surface area contributed by atoms with Crippen molar-refractivity contribution in [3.8, 4) is 0 Å². The van der Waals surface area contributed by atoms with Gasteiger partial charge in [-0.3, -0.25) is 9.59 Å². The lowest BCUT2D eigenvalue weighted by atomic mass is 10.1. The quantitative estimate of drug-likeness (QED) is 0.862. The SMILES string of the molecule is Cc1ccccc1CC(=O)OCC(=O)Nc1c(C)cccc1C. The van der Waals surface area contributed by atoms with Crippen molar-refractivity contribution in [2.45, 2.75) is 27.2 Å². The molecule has 4 nitrogen and oxygen atoms in total. The van der Waals surface area contributed by atoms with Crippen LogP contribution in [0.5, 0.6) is 0 Å². The molecule has 0 radical (unpaired) electrons. The predicted molar refractivity (Wildman–Crippen MR) is 90.4 cm³/mol. The second-order valence-electron chi connectivity index (χ2n) is 5.58. The number of hydrogen-bond donors (Lipinski definition) is 1. The average Bonchev–Trinajstić information content (AvgIpc) is 2.51. The van der Waals surface area contributed by atoms with Gasteiger partial charge in [0.25, 0.3) is 5.91 Å². The van der Waals surface area contributed by atoms with Crippen molar-refractivity contribution >= 4 is 17.6 Å². The zero-order valence-electron chi connectivity index (χ0n) is 13.7. The Balaban J connectivity index is 1.87. The largest absolute Gasteiger partial charge is 0.455 e. The minimum absolute atomic E-state index is 0.170. The molecule has 0 fully saturated rings. The zero-order chi connectivity index (χ0) is 16.8. The average molecular weight is 311 g/mol. The van der Waals surface area contributed by atoms with Crippen molar-refractivity contribution in [1.29, 1.82) is 0 Å². The van der Waals surface area contributed by atoms with Crippen LogP contribution >= 0.6 is 0 Å². The number of hydrogen-bond acceptors (Lipinski definition) is 3. The topological polar surface area (TPSA) is 55.4 Å². The van der Waals surface area contributed by atoms with E-state index in [1.807, 2.05) is 63.2 Å². The van der Waals surface area contributed by atoms with Gasteiger partial charge in [0.1, 0.15) is 0 Å². The Labute approximate surface area is 136 Å². The van der Waals surface area contributed by atoms with E-state index < -0.39 is 5.97 Å². The standard InChI is InChI=1S/C19H21NO3/c1-13-7-4-5-10-16(13)11-18(22)23-12-17(21)20-19-14(2)8-6-9-15(19)3/h4-10H,11-12H2,1-3H3,(H,20,21). The highest BCUT2D eigenvalue weighted by atomic mass is 16.5. The molecule has 0 atom stereocenters. The summed E-state index contributed by atoms with van der Waals surface area (Å²) in [4.78, 5) is 23.8. The summed E-state index contributed by atoms with van der Waals surface area (Å²) in [5, 5.41) is 2.79. The van der Waals surface area contributed by atoms with Gasteiger partial charge in [-0.15, -0.1) is 0 Å². The van der Waals surface area contributed by atoms with Crippen LogP contribution in [0.15, 0.2) is 42.5 Å². The number of anilines is 1. The first kappa shape index (κ1) is 16.7. The molecule has 120 valence electrons. The molecule has 1 N–H and O–H groups in total. The van der Waals surface area contributed by atoms with Crippen molar-refractivity contribution in [2.24, 2.45) is 0 Å². The number of nitrogens with one attached hydrogen (secondary N) is 1. The second kappa shape index (κ2) is 7.58. The minimum atomic E-state index is -0.407. The first-order valence-electron chi connectivity index (χ1n) is 7.53. The summed E-state index contributed by atoms with van der Waals surface area (Å²) in [5.41, 5.74) is 4.67. The van der Waals surface area contributed by atoms with Crippen molar-refractivity contribution in [1.82, 2.24) is 0 Å². The minimum Gasteiger partial charge on any atom is -0.455 e. The Morgan fingerprint density at radius 3 is 2.17 bits per heavy atom. The van der Waals surface area contributed by atoms with Gasteiger partial charge in [0.05, 0.1) is 6.42 Å². The fraction of sp³-hybridized carbons (Fsp3) is 0.263. The van der Waals surface area contributed by atoms with E-state index in [2.05, 4.69) is 5.32 Å². The smallest absolute Gasteiger partial charge is 0.310 e. The summed E-state index contributed by atoms with van der Waals surface area (Å²) in [6.45, 7) is 5.51. The van der Waals surface area contributed by atoms with E-state index in [0.717, 1.165) is 27.9 Å². The molecule has 2 aromatic carbocycles. The molecule has 0 saturated heterocycles. The summed E-state index contributed by atoms with van der Waals surface area (Å²) >= 11 is 0. The molecule has 1 amide bonds. The first-order chi connectivity index (χ1) is 11.0. The van der Waals surface area contributed by atoms with Crippen molar-refractivity contribution in [3.05, 3.63) is 64.7 Å². The van der Waals surface area contributed by atoms with Gasteiger partial charge < -0.3 is 10.1 Å². The van der Waals surface area contributed by atoms with Crippen LogP contribution < -0.4 is 5.32 Å². The van der Waals surface area contributed by atoms with Gasteiger partial charge in [-0.25, -0.2) is 0 Å². The lowest BCUT2D eigenvalue weighted by molar-refractivity contribution is -0.146. The molecular weight excluding hydrogens is 290 g/mol. The van der Waals surface area contributed by atoms with Crippen LogP contribution in [0.1, 0.15) is 22.3 Å². The number of benzene rings is 2. The number of aryl methyl sites for hydroxylation is 3. The van der Waals surface area contributed by atoms with Gasteiger partial charge in [-0.05, 0) is 43.0 Å². The third-order valence-corrected chi connectivity index (χ3v) is 3.71. The van der Waals surface area contributed by atoms with Crippen LogP contribution in [0, 0.1) is 20.8 Å². The van der Waals surface area contributed by atoms with E-state index in [-0.39, 0.29) is 18.9 Å². The first-order valence-corrected chi connectivity index (χ1v) is 7.53. The summed E-state index contributed by atoms with van der Waals surface area (Å²) in [7, 11) is 0. The molecule has 2 rings (SSSR count). The van der Waals surface area contributed by atoms with Gasteiger partial charge >= 0.3 is 5.97 Å². The number of para-hydroxylation sites is 1. The van der Waals surface area contributed by atoms with Crippen LogP contribution in [0.4, 0.5) is 5.69 Å². The fourth-order valence-electron chi connectivity index (χ4n) is 2.35. The van der Waals surface area contributed by atoms with Crippen LogP contribution in [0.25, 0.3) is 0 Å². The van der Waals surface area contributed by atoms with E-state index in [1.165, 1.54) is 0 Å². The van der Waals surface area contributed by atoms with Gasteiger partial charge in [0, 0.05) is 5.69 Å². The van der Waals surface area contributed by atoms with E-state index in [0.29, 0.717) is 0 Å². The monoisotopic (exact) mass is 311 g/mol. The maximum atomic E-state index is 12.0. The van der Waals surface area contributed by atoms with Crippen molar-refractivity contribution in [2.75, 3.05) is 11.9 Å². The van der Waals surface area contributed by atoms with E-state index in [4.69, 9.17) is 4.74 Å². The van der Waals surface area contributed by atoms with E-state index in [1.54, 1.807) is 0 Å². The van der Waals surface area contributed by atoms with Gasteiger partial charge in [0.15, 0.2) is 6.61 Å². The third kappa shape index (κ3) is 4.68. The molecule has 0 aliphatic carbocycles. The number of carbonyl (C=O) groups excluding carboxylic acids is 2. The van der Waals surface area contributed by atoms with Crippen LogP contribution in [0.3, 0.4) is 0 Å². The van der Waals surface area contributed by atoms with Crippen LogP contribution in [-0.4, -0.2) is 18.5 Å². The molecule has 0 bridgehead atoms. The van der Waals surface area contributed by atoms with Gasteiger partial charge in [-0.2, -0.15) is 0 Å². The highest BCUT2D eigenvalue weighted by Gasteiger charge is 2.11. The summed E-state index contributed by atoms with van der Waals surface area (Å²) in [6.07, 6.45) is 0.170. The Bertz CT molecular complexity index is 702. The number of esters is 1. The molecule has 0 aliphatic rings. The Kier molecular flexibility index (Phi) is 5.52. The van der Waals surface area contributed by atoms with Crippen LogP contribution in [-0.2, 0) is 20.7 Å². The van der Waals surface area contributed by atoms with Crippen molar-refractivity contribution < 1.29 is 14.3 Å². The molecule has 0 heterocycles. The Hall–Kier alpha value is -2.62. The normalized spacial score (nSPS) is 10.2. The lowest BCUT2D eigenvalue weighted by Crippen LogP contribution is -2.22. The number of amides is 1. The van der Waals surface area contributed by atoms with Crippen molar-refractivity contribution in [3.63, 3.8) is 0 Å². The zero-order valence-corrected chi connectivity index (χ0v) is 13.7. The highest BCUT2D eigenvalue weighted by molar-refractivity contribution is 5.94. The highest BCUT2D eigenvalue weighted by Crippen LogP contribution is 2.19. The number of ether oxygens (including phenoxy) is 1. The lowest BCUT2D eigenvalue weighted by Gasteiger charge is -2.12. The maximum Gasteiger partial charge on any atom is 0.310 e. The third-order valence-electron chi connectivity index (χ3n) is 3.71. The molecule has 23 heavy (non-hydrogen) atoms. The fourth-order valence-corrected chi connectivity index (χ4v) is 2.35. The Morgan fingerprint density at radius 1 is 0.913 bits per heavy atom. The summed E-state index contributed by atoms with van der Waals surface area (Å²) in [5.74, 6) is -0.739. The number of carbonyl (C=O) groups is 2. The van der Waals surface area contributed by atoms with E-state index >= 15 is 0 Å². The van der Waals surface area contributed by atoms with Gasteiger partial charge in [-0.1, -0.05) is 42.5 Å². The molecule has 0 saturated carbocycles. The maximum absolute atomic E-state index is 12.0. The van der Waals surface area contributed by atoms with E-state index in [9.17, 15) is 9.59 Å². The molecule has 0 unspecified atom stereocenters.